The number of carbonyl (C=O) groups is 1. The molecule has 1 aliphatic heterocycles. The molecule has 0 amide bonds. The number of esters is 1. The summed E-state index contributed by atoms with van der Waals surface area (Å²) in [6.07, 6.45) is 1.89. The molecule has 2 bridgehead atoms. The molecule has 5 atom stereocenters. The number of methoxy groups -OCH3 is 1. The topological polar surface area (TPSA) is 100 Å². The number of rotatable bonds is 7. The summed E-state index contributed by atoms with van der Waals surface area (Å²) in [5.41, 5.74) is 6.79. The lowest BCUT2D eigenvalue weighted by Gasteiger charge is -2.65. The van der Waals surface area contributed by atoms with Gasteiger partial charge in [0.2, 0.25) is 5.79 Å². The minimum absolute atomic E-state index is 0.136. The summed E-state index contributed by atoms with van der Waals surface area (Å²) in [7, 11) is 3.28. The van der Waals surface area contributed by atoms with Crippen LogP contribution in [0.25, 0.3) is 0 Å². The molecule has 1 aromatic carbocycles. The standard InChI is InChI=1S/C24H35BNO6/c1-22(2)14-9-17(22)24(5,18(27)10-14)32-25-11-13(12-26)15-7-8-16(29-6)19-20(15)30-23(3,4)31-21(19)28/h7-8,13-14,17-18,27H,9-12,26H2,1-6H3. The maximum Gasteiger partial charge on any atom is 0.349 e. The molecule has 0 spiro atoms. The van der Waals surface area contributed by atoms with Gasteiger partial charge >= 0.3 is 5.97 Å². The molecule has 1 radical (unpaired) electrons. The molecule has 3 aliphatic carbocycles. The Balaban J connectivity index is 1.54. The average Bonchev–Trinajstić information content (AvgIpc) is 2.71. The molecule has 0 aromatic heterocycles. The highest BCUT2D eigenvalue weighted by atomic mass is 16.7. The number of fused-ring (bicyclic) bond motifs is 3. The van der Waals surface area contributed by atoms with Gasteiger partial charge in [0.25, 0.3) is 7.48 Å². The molecule has 3 saturated carbocycles. The smallest absolute Gasteiger partial charge is 0.349 e. The molecule has 5 unspecified atom stereocenters. The third-order valence-corrected chi connectivity index (χ3v) is 8.03. The van der Waals surface area contributed by atoms with Crippen molar-refractivity contribution in [2.45, 2.75) is 77.2 Å². The van der Waals surface area contributed by atoms with Gasteiger partial charge in [-0.1, -0.05) is 19.9 Å². The van der Waals surface area contributed by atoms with Gasteiger partial charge in [0.05, 0.1) is 18.8 Å². The van der Waals surface area contributed by atoms with E-state index in [9.17, 15) is 9.90 Å². The van der Waals surface area contributed by atoms with E-state index in [4.69, 9.17) is 24.6 Å². The van der Waals surface area contributed by atoms with E-state index >= 15 is 0 Å². The second kappa shape index (κ2) is 7.92. The molecular weight excluding hydrogens is 409 g/mol. The SMILES string of the molecule is COc1ccc(C(CN)C[B]OC2(C)C(O)CC3CC2C3(C)C)c2c1C(=O)OC(C)(C)O2. The number of ether oxygens (including phenoxy) is 3. The normalized spacial score (nSPS) is 32.6. The van der Waals surface area contributed by atoms with Gasteiger partial charge in [0.1, 0.15) is 17.1 Å². The maximum absolute atomic E-state index is 12.7. The zero-order chi connectivity index (χ0) is 23.5. The van der Waals surface area contributed by atoms with E-state index in [0.29, 0.717) is 36.2 Å². The van der Waals surface area contributed by atoms with E-state index in [-0.39, 0.29) is 16.9 Å². The second-order valence-electron chi connectivity index (χ2n) is 10.6. The van der Waals surface area contributed by atoms with Gasteiger partial charge in [0.15, 0.2) is 0 Å². The van der Waals surface area contributed by atoms with Crippen molar-refractivity contribution in [3.8, 4) is 11.5 Å². The van der Waals surface area contributed by atoms with Gasteiger partial charge in [-0.15, -0.1) is 0 Å². The lowest BCUT2D eigenvalue weighted by atomic mass is 9.43. The van der Waals surface area contributed by atoms with Gasteiger partial charge in [-0.05, 0) is 67.4 Å². The zero-order valence-electron chi connectivity index (χ0n) is 19.9. The molecule has 3 fully saturated rings. The molecule has 175 valence electrons. The molecule has 3 N–H and O–H groups in total. The molecule has 5 rings (SSSR count). The number of carbonyl (C=O) groups excluding carboxylic acids is 1. The van der Waals surface area contributed by atoms with Crippen LogP contribution in [0.1, 0.15) is 69.3 Å². The minimum atomic E-state index is -1.09. The van der Waals surface area contributed by atoms with Crippen LogP contribution in [0.5, 0.6) is 11.5 Å². The van der Waals surface area contributed by atoms with Gasteiger partial charge in [-0.3, -0.25) is 0 Å². The third kappa shape index (κ3) is 3.60. The maximum atomic E-state index is 12.7. The van der Waals surface area contributed by atoms with Crippen LogP contribution >= 0.6 is 0 Å². The third-order valence-electron chi connectivity index (χ3n) is 8.03. The quantitative estimate of drug-likeness (QED) is 0.492. The van der Waals surface area contributed by atoms with Crippen molar-refractivity contribution in [1.82, 2.24) is 0 Å². The Bertz CT molecular complexity index is 903. The summed E-state index contributed by atoms with van der Waals surface area (Å²) in [6.45, 7) is 10.3. The van der Waals surface area contributed by atoms with Crippen LogP contribution in [0.4, 0.5) is 0 Å². The van der Waals surface area contributed by atoms with Crippen LogP contribution in [0.15, 0.2) is 12.1 Å². The van der Waals surface area contributed by atoms with Gasteiger partial charge < -0.3 is 29.7 Å². The first-order valence-electron chi connectivity index (χ1n) is 11.5. The van der Waals surface area contributed by atoms with Gasteiger partial charge in [0, 0.05) is 13.8 Å². The zero-order valence-corrected chi connectivity index (χ0v) is 19.9. The van der Waals surface area contributed by atoms with Crippen LogP contribution in [-0.4, -0.2) is 49.7 Å². The molecule has 32 heavy (non-hydrogen) atoms. The van der Waals surface area contributed by atoms with Crippen LogP contribution in [0, 0.1) is 17.3 Å². The number of nitrogens with two attached hydrogens (primary N) is 1. The molecule has 0 saturated heterocycles. The summed E-state index contributed by atoms with van der Waals surface area (Å²) in [5, 5.41) is 10.7. The van der Waals surface area contributed by atoms with Gasteiger partial charge in [-0.2, -0.15) is 0 Å². The van der Waals surface area contributed by atoms with E-state index < -0.39 is 23.5 Å². The fourth-order valence-electron chi connectivity index (χ4n) is 5.90. The number of cyclic esters (lactones) is 1. The Kier molecular flexibility index (Phi) is 5.79. The van der Waals surface area contributed by atoms with Crippen molar-refractivity contribution in [2.75, 3.05) is 13.7 Å². The Hall–Kier alpha value is -1.77. The first kappa shape index (κ1) is 23.4. The Morgan fingerprint density at radius 2 is 1.94 bits per heavy atom. The fourth-order valence-corrected chi connectivity index (χ4v) is 5.90. The predicted octanol–water partition coefficient (Wildman–Crippen LogP) is 3.26. The first-order chi connectivity index (χ1) is 14.9. The number of aliphatic hydroxyl groups is 1. The predicted molar refractivity (Wildman–Crippen MR) is 121 cm³/mol. The highest BCUT2D eigenvalue weighted by molar-refractivity contribution is 6.27. The van der Waals surface area contributed by atoms with Crippen molar-refractivity contribution < 1.29 is 28.8 Å². The Labute approximate surface area is 191 Å². The molecule has 7 nitrogen and oxygen atoms in total. The van der Waals surface area contributed by atoms with Crippen LogP contribution in [0.3, 0.4) is 0 Å². The lowest BCUT2D eigenvalue weighted by molar-refractivity contribution is -0.234. The van der Waals surface area contributed by atoms with E-state index in [1.807, 2.05) is 13.0 Å². The van der Waals surface area contributed by atoms with Crippen LogP contribution in [0.2, 0.25) is 6.32 Å². The van der Waals surface area contributed by atoms with E-state index in [1.54, 1.807) is 27.4 Å². The summed E-state index contributed by atoms with van der Waals surface area (Å²) in [5.74, 6) is 0.0111. The fraction of sp³-hybridized carbons (Fsp3) is 0.708. The Morgan fingerprint density at radius 3 is 2.56 bits per heavy atom. The van der Waals surface area contributed by atoms with Crippen molar-refractivity contribution in [3.63, 3.8) is 0 Å². The average molecular weight is 444 g/mol. The summed E-state index contributed by atoms with van der Waals surface area (Å²) in [4.78, 5) is 12.7. The molecule has 1 aromatic rings. The molecular formula is C24H35BNO6. The van der Waals surface area contributed by atoms with Crippen molar-refractivity contribution >= 4 is 13.5 Å². The summed E-state index contributed by atoms with van der Waals surface area (Å²) < 4.78 is 23.1. The largest absolute Gasteiger partial charge is 0.496 e. The van der Waals surface area contributed by atoms with E-state index in [2.05, 4.69) is 13.8 Å². The highest BCUT2D eigenvalue weighted by Crippen LogP contribution is 2.63. The molecule has 1 heterocycles. The molecule has 4 aliphatic rings. The second-order valence-corrected chi connectivity index (χ2v) is 10.6. The highest BCUT2D eigenvalue weighted by Gasteiger charge is 2.63. The summed E-state index contributed by atoms with van der Waals surface area (Å²) >= 11 is 0. The Morgan fingerprint density at radius 1 is 1.22 bits per heavy atom. The number of benzene rings is 1. The van der Waals surface area contributed by atoms with Crippen molar-refractivity contribution in [1.29, 1.82) is 0 Å². The first-order valence-corrected chi connectivity index (χ1v) is 11.5. The van der Waals surface area contributed by atoms with Gasteiger partial charge in [-0.25, -0.2) is 4.79 Å². The van der Waals surface area contributed by atoms with Crippen molar-refractivity contribution in [3.05, 3.63) is 23.3 Å². The van der Waals surface area contributed by atoms with Crippen LogP contribution < -0.4 is 15.2 Å². The molecule has 8 heteroatoms. The van der Waals surface area contributed by atoms with Crippen molar-refractivity contribution in [2.24, 2.45) is 23.0 Å². The number of hydrogen-bond acceptors (Lipinski definition) is 7. The lowest BCUT2D eigenvalue weighted by Crippen LogP contribution is -2.67. The monoisotopic (exact) mass is 444 g/mol. The number of aliphatic hydroxyl groups excluding tert-OH is 1. The van der Waals surface area contributed by atoms with E-state index in [0.717, 1.165) is 18.4 Å². The summed E-state index contributed by atoms with van der Waals surface area (Å²) in [6, 6.07) is 3.62. The number of hydrogen-bond donors (Lipinski definition) is 2. The minimum Gasteiger partial charge on any atom is -0.496 e. The van der Waals surface area contributed by atoms with E-state index in [1.165, 1.54) is 7.11 Å². The van der Waals surface area contributed by atoms with Crippen LogP contribution in [-0.2, 0) is 9.39 Å².